The standard InChI is InChI=1S/C16H25N5O16P2/c17-16-19-12-6(13(28)20-16)18-3-21(12)14-10(26)8(24)5(34-14)2-33-38(29,30)37-39(31,32)36-15-11(27)9(25)7(23)4(1-22)35-15/h3-5,7-11,14-15,22-27H,1-2H2,(H,29,30)(H,31,32)(H3,17,19,20,28)/t4-,5-,7+,8-,9+,10-,11-,14-,15-/m1/s1. The molecule has 0 aliphatic carbocycles. The Kier molecular flexibility index (Phi) is 8.60. The second-order valence-electron chi connectivity index (χ2n) is 8.44. The summed E-state index contributed by atoms with van der Waals surface area (Å²) in [5.74, 6) is -0.278. The van der Waals surface area contributed by atoms with E-state index in [1.807, 2.05) is 0 Å². The van der Waals surface area contributed by atoms with Gasteiger partial charge >= 0.3 is 15.6 Å². The van der Waals surface area contributed by atoms with Gasteiger partial charge in [0.15, 0.2) is 23.7 Å². The lowest BCUT2D eigenvalue weighted by Crippen LogP contribution is -2.58. The molecular formula is C16H25N5O16P2. The fourth-order valence-electron chi connectivity index (χ4n) is 3.85. The number of aliphatic hydroxyl groups excluding tert-OH is 6. The van der Waals surface area contributed by atoms with Crippen LogP contribution in [0.2, 0.25) is 0 Å². The molecule has 0 amide bonds. The molecule has 4 heterocycles. The molecule has 2 aromatic rings. The van der Waals surface area contributed by atoms with Crippen molar-refractivity contribution in [3.8, 4) is 0 Å². The monoisotopic (exact) mass is 605 g/mol. The Balaban J connectivity index is 1.39. The summed E-state index contributed by atoms with van der Waals surface area (Å²) in [5, 5.41) is 59.2. The van der Waals surface area contributed by atoms with E-state index in [9.17, 15) is 49.2 Å². The molecule has 39 heavy (non-hydrogen) atoms. The number of anilines is 1. The fraction of sp³-hybridized carbons (Fsp3) is 0.688. The van der Waals surface area contributed by atoms with Crippen LogP contribution in [0.15, 0.2) is 11.1 Å². The van der Waals surface area contributed by atoms with Gasteiger partial charge in [-0.15, -0.1) is 0 Å². The van der Waals surface area contributed by atoms with Crippen molar-refractivity contribution in [2.24, 2.45) is 0 Å². The first-order valence-corrected chi connectivity index (χ1v) is 13.9. The Morgan fingerprint density at radius 1 is 1.00 bits per heavy atom. The third-order valence-electron chi connectivity index (χ3n) is 5.76. The van der Waals surface area contributed by atoms with Crippen LogP contribution in [0.25, 0.3) is 11.2 Å². The Hall–Kier alpha value is -1.91. The lowest BCUT2D eigenvalue weighted by molar-refractivity contribution is -0.280. The molecule has 2 fully saturated rings. The lowest BCUT2D eigenvalue weighted by Gasteiger charge is -2.39. The highest BCUT2D eigenvalue weighted by Crippen LogP contribution is 2.61. The topological polar surface area (TPSA) is 332 Å². The van der Waals surface area contributed by atoms with E-state index >= 15 is 0 Å². The molecule has 0 spiro atoms. The molecule has 23 heteroatoms. The molecule has 0 saturated carbocycles. The van der Waals surface area contributed by atoms with Crippen LogP contribution in [-0.4, -0.2) is 122 Å². The number of nitrogen functional groups attached to an aromatic ring is 1. The van der Waals surface area contributed by atoms with Crippen molar-refractivity contribution in [2.45, 2.75) is 55.2 Å². The van der Waals surface area contributed by atoms with Crippen molar-refractivity contribution in [3.63, 3.8) is 0 Å². The van der Waals surface area contributed by atoms with E-state index in [-0.39, 0.29) is 17.1 Å². The summed E-state index contributed by atoms with van der Waals surface area (Å²) in [6, 6.07) is 0. The normalized spacial score (nSPS) is 36.6. The van der Waals surface area contributed by atoms with Crippen LogP contribution >= 0.6 is 15.6 Å². The number of aromatic nitrogens is 4. The number of nitrogens with zero attached hydrogens (tertiary/aromatic N) is 3. The summed E-state index contributed by atoms with van der Waals surface area (Å²) in [6.45, 7) is -1.89. The van der Waals surface area contributed by atoms with Crippen LogP contribution in [0.1, 0.15) is 6.23 Å². The van der Waals surface area contributed by atoms with Gasteiger partial charge in [0.2, 0.25) is 5.95 Å². The number of imidazole rings is 1. The molecule has 11 atom stereocenters. The quantitative estimate of drug-likeness (QED) is 0.120. The van der Waals surface area contributed by atoms with E-state index in [4.69, 9.17) is 20.3 Å². The molecule has 0 radical (unpaired) electrons. The molecule has 220 valence electrons. The van der Waals surface area contributed by atoms with E-state index in [0.717, 1.165) is 10.9 Å². The van der Waals surface area contributed by atoms with Gasteiger partial charge in [-0.05, 0) is 0 Å². The number of hydrogen-bond donors (Lipinski definition) is 10. The maximum atomic E-state index is 12.3. The van der Waals surface area contributed by atoms with Crippen molar-refractivity contribution in [2.75, 3.05) is 18.9 Å². The summed E-state index contributed by atoms with van der Waals surface area (Å²) >= 11 is 0. The summed E-state index contributed by atoms with van der Waals surface area (Å²) in [5.41, 5.74) is 4.54. The largest absolute Gasteiger partial charge is 0.483 e. The number of aromatic amines is 1. The Labute approximate surface area is 216 Å². The zero-order valence-electron chi connectivity index (χ0n) is 19.3. The molecule has 4 rings (SSSR count). The third kappa shape index (κ3) is 6.22. The highest BCUT2D eigenvalue weighted by molar-refractivity contribution is 7.61. The molecule has 11 N–H and O–H groups in total. The zero-order valence-corrected chi connectivity index (χ0v) is 21.1. The Bertz CT molecular complexity index is 1340. The highest BCUT2D eigenvalue weighted by Gasteiger charge is 2.49. The van der Waals surface area contributed by atoms with E-state index in [2.05, 4.69) is 28.3 Å². The number of fused-ring (bicyclic) bond motifs is 1. The molecule has 0 bridgehead atoms. The fourth-order valence-corrected chi connectivity index (χ4v) is 6.01. The van der Waals surface area contributed by atoms with E-state index in [0.29, 0.717) is 0 Å². The second kappa shape index (κ2) is 11.2. The average molecular weight is 605 g/mol. The van der Waals surface area contributed by atoms with Crippen LogP contribution in [0, 0.1) is 0 Å². The summed E-state index contributed by atoms with van der Waals surface area (Å²) in [4.78, 5) is 41.7. The average Bonchev–Trinajstić information content (AvgIpc) is 3.38. The molecule has 2 unspecified atom stereocenters. The number of nitrogens with one attached hydrogen (secondary N) is 1. The van der Waals surface area contributed by atoms with Gasteiger partial charge in [-0.2, -0.15) is 9.29 Å². The SMILES string of the molecule is Nc1nc2c(ncn2[C@@H]2O[C@H](COP(=O)(O)OP(=O)(O)O[C@H]3O[C@H](CO)[C@H](O)[C@H](O)[C@H]3O)[C@@H](O)[C@H]2O)c(=O)[nH]1. The number of hydrogen-bond acceptors (Lipinski definition) is 17. The van der Waals surface area contributed by atoms with Gasteiger partial charge in [-0.25, -0.2) is 14.1 Å². The molecule has 2 aliphatic heterocycles. The predicted molar refractivity (Wildman–Crippen MR) is 120 cm³/mol. The molecule has 2 aromatic heterocycles. The second-order valence-corrected chi connectivity index (χ2v) is 11.4. The highest BCUT2D eigenvalue weighted by atomic mass is 31.3. The van der Waals surface area contributed by atoms with Crippen molar-refractivity contribution >= 4 is 32.8 Å². The molecule has 21 nitrogen and oxygen atoms in total. The number of rotatable bonds is 9. The third-order valence-corrected chi connectivity index (χ3v) is 8.36. The van der Waals surface area contributed by atoms with Crippen LogP contribution in [-0.2, 0) is 32.0 Å². The first-order valence-electron chi connectivity index (χ1n) is 10.9. The Morgan fingerprint density at radius 2 is 1.67 bits per heavy atom. The number of phosphoric ester groups is 2. The van der Waals surface area contributed by atoms with Crippen LogP contribution in [0.5, 0.6) is 0 Å². The molecule has 2 saturated heterocycles. The van der Waals surface area contributed by atoms with Gasteiger partial charge in [-0.3, -0.25) is 23.4 Å². The zero-order chi connectivity index (χ0) is 28.9. The Morgan fingerprint density at radius 3 is 2.33 bits per heavy atom. The van der Waals surface area contributed by atoms with Crippen molar-refractivity contribution < 1.29 is 72.4 Å². The number of H-pyrrole nitrogens is 1. The number of ether oxygens (including phenoxy) is 2. The van der Waals surface area contributed by atoms with Crippen LogP contribution < -0.4 is 11.3 Å². The van der Waals surface area contributed by atoms with E-state index in [1.54, 1.807) is 0 Å². The first-order chi connectivity index (χ1) is 18.1. The molecule has 2 aliphatic rings. The summed E-state index contributed by atoms with van der Waals surface area (Å²) < 4.78 is 49.1. The van der Waals surface area contributed by atoms with Gasteiger partial charge in [0.25, 0.3) is 5.56 Å². The number of aliphatic hydroxyl groups is 6. The summed E-state index contributed by atoms with van der Waals surface area (Å²) in [7, 11) is -11.1. The minimum Gasteiger partial charge on any atom is -0.394 e. The van der Waals surface area contributed by atoms with Gasteiger partial charge in [0.1, 0.15) is 42.7 Å². The maximum Gasteiger partial charge on any atom is 0.483 e. The number of nitrogens with two attached hydrogens (primary N) is 1. The lowest BCUT2D eigenvalue weighted by atomic mass is 10.00. The minimum atomic E-state index is -5.60. The van der Waals surface area contributed by atoms with Crippen LogP contribution in [0.4, 0.5) is 5.95 Å². The van der Waals surface area contributed by atoms with Crippen LogP contribution in [0.3, 0.4) is 0 Å². The smallest absolute Gasteiger partial charge is 0.394 e. The van der Waals surface area contributed by atoms with Gasteiger partial charge in [-0.1, -0.05) is 0 Å². The predicted octanol–water partition coefficient (Wildman–Crippen LogP) is -4.63. The minimum absolute atomic E-state index is 0.114. The van der Waals surface area contributed by atoms with E-state index < -0.39 is 89.7 Å². The maximum absolute atomic E-state index is 12.3. The first kappa shape index (κ1) is 30.1. The number of phosphoric acid groups is 2. The molecular weight excluding hydrogens is 580 g/mol. The van der Waals surface area contributed by atoms with Gasteiger partial charge in [0, 0.05) is 0 Å². The van der Waals surface area contributed by atoms with Crippen molar-refractivity contribution in [1.82, 2.24) is 19.5 Å². The summed E-state index contributed by atoms with van der Waals surface area (Å²) in [6.07, 6.45) is -15.0. The van der Waals surface area contributed by atoms with E-state index in [1.165, 1.54) is 0 Å². The van der Waals surface area contributed by atoms with Crippen molar-refractivity contribution in [3.05, 3.63) is 16.7 Å². The van der Waals surface area contributed by atoms with Gasteiger partial charge in [0.05, 0.1) is 19.5 Å². The van der Waals surface area contributed by atoms with Crippen molar-refractivity contribution in [1.29, 1.82) is 0 Å². The van der Waals surface area contributed by atoms with Gasteiger partial charge < -0.3 is 55.6 Å². The molecule has 0 aromatic carbocycles.